The summed E-state index contributed by atoms with van der Waals surface area (Å²) < 4.78 is 0. The van der Waals surface area contributed by atoms with Crippen molar-refractivity contribution >= 4 is 5.57 Å². The Balaban J connectivity index is 0.000000691. The molecule has 30 heavy (non-hydrogen) atoms. The number of nitrogens with zero attached hydrogens (tertiary/aromatic N) is 1. The molecule has 2 aliphatic rings. The lowest BCUT2D eigenvalue weighted by atomic mass is 9.75. The molecule has 5 nitrogen and oxygen atoms in total. The lowest BCUT2D eigenvalue weighted by Crippen LogP contribution is -2.17. The van der Waals surface area contributed by atoms with Gasteiger partial charge in [0.15, 0.2) is 0 Å². The van der Waals surface area contributed by atoms with Crippen molar-refractivity contribution < 1.29 is 0 Å². The molecule has 0 radical (unpaired) electrons. The van der Waals surface area contributed by atoms with Gasteiger partial charge in [-0.2, -0.15) is 0 Å². The smallest absolute Gasteiger partial charge is 0.323 e. The summed E-state index contributed by atoms with van der Waals surface area (Å²) in [6, 6.07) is 0. The molecular weight excluding hydrogens is 372 g/mol. The third-order valence-corrected chi connectivity index (χ3v) is 5.54. The number of nitrogens with one attached hydrogen (secondary N) is 3. The summed E-state index contributed by atoms with van der Waals surface area (Å²) in [5.41, 5.74) is 5.10. The highest BCUT2D eigenvalue weighted by Crippen LogP contribution is 2.40. The van der Waals surface area contributed by atoms with Gasteiger partial charge in [-0.25, -0.2) is 9.78 Å². The summed E-state index contributed by atoms with van der Waals surface area (Å²) in [7, 11) is 0. The van der Waals surface area contributed by atoms with Crippen molar-refractivity contribution in [3.8, 4) is 0 Å². The van der Waals surface area contributed by atoms with Gasteiger partial charge in [0, 0.05) is 17.8 Å². The van der Waals surface area contributed by atoms with Crippen LogP contribution in [0.5, 0.6) is 0 Å². The van der Waals surface area contributed by atoms with Crippen molar-refractivity contribution in [3.63, 3.8) is 0 Å². The van der Waals surface area contributed by atoms with Crippen LogP contribution >= 0.6 is 0 Å². The van der Waals surface area contributed by atoms with Crippen molar-refractivity contribution in [2.45, 2.75) is 92.9 Å². The van der Waals surface area contributed by atoms with Gasteiger partial charge in [0.25, 0.3) is 0 Å². The predicted octanol–water partition coefficient (Wildman–Crippen LogP) is 6.89. The number of aromatic nitrogens is 4. The quantitative estimate of drug-likeness (QED) is 0.511. The first-order chi connectivity index (χ1) is 14.7. The first kappa shape index (κ1) is 25.7. The second-order valence-electron chi connectivity index (χ2n) is 7.06. The number of imidazole rings is 2. The molecule has 0 amide bonds. The van der Waals surface area contributed by atoms with Crippen LogP contribution in [0.2, 0.25) is 0 Å². The van der Waals surface area contributed by atoms with Crippen LogP contribution in [0.4, 0.5) is 0 Å². The van der Waals surface area contributed by atoms with Gasteiger partial charge in [0.2, 0.25) is 0 Å². The molecule has 0 unspecified atom stereocenters. The zero-order chi connectivity index (χ0) is 22.5. The van der Waals surface area contributed by atoms with E-state index in [9.17, 15) is 4.79 Å². The lowest BCUT2D eigenvalue weighted by Gasteiger charge is -2.30. The van der Waals surface area contributed by atoms with E-state index >= 15 is 0 Å². The second kappa shape index (κ2) is 13.8. The highest BCUT2D eigenvalue weighted by molar-refractivity contribution is 5.66. The summed E-state index contributed by atoms with van der Waals surface area (Å²) in [5, 5.41) is 0. The van der Waals surface area contributed by atoms with E-state index < -0.39 is 0 Å². The number of hydrogen-bond donors (Lipinski definition) is 3. The van der Waals surface area contributed by atoms with Gasteiger partial charge in [0.1, 0.15) is 5.82 Å². The zero-order valence-corrected chi connectivity index (χ0v) is 20.1. The molecule has 4 rings (SSSR count). The summed E-state index contributed by atoms with van der Waals surface area (Å²) in [6.45, 7) is 14.0. The third kappa shape index (κ3) is 6.89. The molecule has 1 fully saturated rings. The fourth-order valence-corrected chi connectivity index (χ4v) is 4.14. The summed E-state index contributed by atoms with van der Waals surface area (Å²) in [6.07, 6.45) is 15.4. The average Bonchev–Trinajstić information content (AvgIpc) is 3.46. The summed E-state index contributed by atoms with van der Waals surface area (Å²) in [5.74, 6) is 2.18. The zero-order valence-electron chi connectivity index (χ0n) is 20.1. The third-order valence-electron chi connectivity index (χ3n) is 5.54. The highest BCUT2D eigenvalue weighted by atomic mass is 16.1. The highest BCUT2D eigenvalue weighted by Gasteiger charge is 2.26. The largest absolute Gasteiger partial charge is 0.343 e. The van der Waals surface area contributed by atoms with E-state index in [1.165, 1.54) is 18.4 Å². The van der Waals surface area contributed by atoms with Gasteiger partial charge in [0.05, 0.1) is 11.9 Å². The Hall–Kier alpha value is -2.30. The molecule has 168 valence electrons. The van der Waals surface area contributed by atoms with E-state index in [-0.39, 0.29) is 5.69 Å². The maximum absolute atomic E-state index is 11.3. The van der Waals surface area contributed by atoms with Gasteiger partial charge in [-0.3, -0.25) is 0 Å². The van der Waals surface area contributed by atoms with E-state index in [0.717, 1.165) is 42.9 Å². The molecule has 2 heterocycles. The van der Waals surface area contributed by atoms with Crippen LogP contribution in [-0.2, 0) is 0 Å². The Labute approximate surface area is 182 Å². The van der Waals surface area contributed by atoms with Gasteiger partial charge < -0.3 is 15.0 Å². The maximum atomic E-state index is 11.3. The van der Waals surface area contributed by atoms with Crippen molar-refractivity contribution in [3.05, 3.63) is 57.8 Å². The number of H-pyrrole nitrogens is 3. The van der Waals surface area contributed by atoms with Crippen molar-refractivity contribution in [2.75, 3.05) is 0 Å². The fraction of sp³-hybridized carbons (Fsp3) is 0.600. The standard InChI is InChI=1S/C19H24N4O.3C2H6/c1-12-20-10-17(22-12)15-6-2-13(3-7-15)14-4-8-16(9-5-14)18-11-21-19(24)23-18;3*1-2/h2,6,10-11,14,16H,3-5,7-9H2,1H3,(H,20,22)(H2,21,23,24);3*1-2H3. The Morgan fingerprint density at radius 3 is 1.97 bits per heavy atom. The van der Waals surface area contributed by atoms with Gasteiger partial charge in [-0.05, 0) is 56.9 Å². The van der Waals surface area contributed by atoms with Crippen LogP contribution in [0, 0.1) is 12.8 Å². The Kier molecular flexibility index (Phi) is 11.9. The van der Waals surface area contributed by atoms with Crippen LogP contribution in [0.3, 0.4) is 0 Å². The van der Waals surface area contributed by atoms with Crippen molar-refractivity contribution in [1.29, 1.82) is 0 Å². The van der Waals surface area contributed by atoms with E-state index in [1.807, 2.05) is 60.9 Å². The van der Waals surface area contributed by atoms with E-state index in [4.69, 9.17) is 0 Å². The first-order valence-corrected chi connectivity index (χ1v) is 11.9. The van der Waals surface area contributed by atoms with E-state index in [2.05, 4.69) is 32.1 Å². The summed E-state index contributed by atoms with van der Waals surface area (Å²) >= 11 is 0. The van der Waals surface area contributed by atoms with Gasteiger partial charge >= 0.3 is 5.69 Å². The summed E-state index contributed by atoms with van der Waals surface area (Å²) in [4.78, 5) is 24.5. The van der Waals surface area contributed by atoms with Gasteiger partial charge in [-0.1, -0.05) is 59.3 Å². The molecule has 0 atom stereocenters. The molecule has 0 aromatic carbocycles. The molecule has 0 spiro atoms. The Morgan fingerprint density at radius 2 is 1.50 bits per heavy atom. The van der Waals surface area contributed by atoms with E-state index in [0.29, 0.717) is 11.8 Å². The van der Waals surface area contributed by atoms with Crippen LogP contribution in [0.15, 0.2) is 34.9 Å². The lowest BCUT2D eigenvalue weighted by molar-refractivity contribution is 0.353. The molecule has 1 saturated carbocycles. The molecular formula is C25H42N4O. The molecule has 0 bridgehead atoms. The Bertz CT molecular complexity index is 829. The number of rotatable bonds is 3. The molecule has 0 aliphatic heterocycles. The van der Waals surface area contributed by atoms with Gasteiger partial charge in [-0.15, -0.1) is 0 Å². The minimum absolute atomic E-state index is 0.0891. The predicted molar refractivity (Wildman–Crippen MR) is 129 cm³/mol. The molecule has 2 aromatic heterocycles. The normalized spacial score (nSPS) is 20.2. The fourth-order valence-electron chi connectivity index (χ4n) is 4.14. The van der Waals surface area contributed by atoms with E-state index in [1.54, 1.807) is 5.57 Å². The van der Waals surface area contributed by atoms with Crippen molar-refractivity contribution in [1.82, 2.24) is 19.9 Å². The second-order valence-corrected chi connectivity index (χ2v) is 7.06. The van der Waals surface area contributed by atoms with Crippen LogP contribution in [0.25, 0.3) is 5.57 Å². The average molecular weight is 415 g/mol. The minimum Gasteiger partial charge on any atom is -0.343 e. The molecule has 2 aromatic rings. The molecule has 0 saturated heterocycles. The minimum atomic E-state index is -0.0891. The number of aryl methyl sites for hydroxylation is 1. The maximum Gasteiger partial charge on any atom is 0.323 e. The molecule has 3 N–H and O–H groups in total. The molecule has 5 heteroatoms. The van der Waals surface area contributed by atoms with Crippen LogP contribution < -0.4 is 5.69 Å². The first-order valence-electron chi connectivity index (χ1n) is 11.9. The molecule has 2 aliphatic carbocycles. The van der Waals surface area contributed by atoms with Crippen LogP contribution in [-0.4, -0.2) is 19.9 Å². The van der Waals surface area contributed by atoms with Crippen LogP contribution in [0.1, 0.15) is 103 Å². The topological polar surface area (TPSA) is 77.3 Å². The number of allylic oxidation sites excluding steroid dienone is 4. The number of aromatic amines is 3. The Morgan fingerprint density at radius 1 is 0.867 bits per heavy atom. The number of hydrogen-bond acceptors (Lipinski definition) is 2. The van der Waals surface area contributed by atoms with Crippen molar-refractivity contribution in [2.24, 2.45) is 5.92 Å². The monoisotopic (exact) mass is 414 g/mol. The SMILES string of the molecule is CC.CC.CC.Cc1ncc(C2=CC=C(C3CCC(c4c[nH]c(=O)[nH]4)CC3)CC2)[nH]1.